The molecule has 0 unspecified atom stereocenters. The second kappa shape index (κ2) is 4.66. The zero-order chi connectivity index (χ0) is 8.39. The molecule has 0 aliphatic carbocycles. The van der Waals surface area contributed by atoms with E-state index in [0.29, 0.717) is 0 Å². The number of halogens is 1. The highest BCUT2D eigenvalue weighted by Crippen LogP contribution is 2.18. The molecule has 2 aromatic heterocycles. The molecule has 0 bridgehead atoms. The Labute approximate surface area is 98.1 Å². The minimum atomic E-state index is 0. The van der Waals surface area contributed by atoms with Crippen LogP contribution in [0.15, 0.2) is 29.8 Å². The Morgan fingerprint density at radius 2 is 2.08 bits per heavy atom. The summed E-state index contributed by atoms with van der Waals surface area (Å²) in [5.41, 5.74) is 1.92. The first kappa shape index (κ1) is 10.6. The van der Waals surface area contributed by atoms with Gasteiger partial charge in [0, 0.05) is 11.6 Å². The summed E-state index contributed by atoms with van der Waals surface area (Å²) in [6.07, 6.45) is 1.78. The number of pyridine rings is 1. The molecule has 2 heterocycles. The molecule has 0 amide bonds. The molecule has 0 spiro atoms. The zero-order valence-corrected chi connectivity index (χ0v) is 10.2. The van der Waals surface area contributed by atoms with Crippen molar-refractivity contribution in [1.82, 2.24) is 9.97 Å². The first-order chi connectivity index (χ1) is 5.86. The second-order valence-corrected chi connectivity index (χ2v) is 3.53. The maximum absolute atomic E-state index is 4.34. The Bertz CT molecular complexity index is 372. The standard InChI is InChI=1S/C9H8N2S.HI/c1-7-11-9(6-12-7)8-4-2-3-5-10-8;/h2-6H,1H3;1H. The fraction of sp³-hybridized carbons (Fsp3) is 0.111. The van der Waals surface area contributed by atoms with Gasteiger partial charge in [-0.2, -0.15) is 0 Å². The predicted octanol–water partition coefficient (Wildman–Crippen LogP) is 3.13. The van der Waals surface area contributed by atoms with Gasteiger partial charge in [-0.3, -0.25) is 4.98 Å². The number of aromatic nitrogens is 2. The van der Waals surface area contributed by atoms with Crippen LogP contribution in [0.2, 0.25) is 0 Å². The Balaban J connectivity index is 0.000000845. The van der Waals surface area contributed by atoms with Gasteiger partial charge >= 0.3 is 0 Å². The van der Waals surface area contributed by atoms with E-state index in [-0.39, 0.29) is 24.0 Å². The molecule has 68 valence electrons. The van der Waals surface area contributed by atoms with E-state index >= 15 is 0 Å². The van der Waals surface area contributed by atoms with Gasteiger partial charge in [0.1, 0.15) is 0 Å². The average Bonchev–Trinajstić information content (AvgIpc) is 2.54. The number of hydrogen-bond donors (Lipinski definition) is 0. The lowest BCUT2D eigenvalue weighted by molar-refractivity contribution is 1.24. The molecule has 2 aromatic rings. The van der Waals surface area contributed by atoms with Crippen molar-refractivity contribution in [2.45, 2.75) is 6.92 Å². The first-order valence-electron chi connectivity index (χ1n) is 3.70. The molecule has 0 fully saturated rings. The van der Waals surface area contributed by atoms with Crippen molar-refractivity contribution in [3.63, 3.8) is 0 Å². The maximum Gasteiger partial charge on any atom is 0.0998 e. The van der Waals surface area contributed by atoms with Gasteiger partial charge in [-0.1, -0.05) is 6.07 Å². The van der Waals surface area contributed by atoms with Gasteiger partial charge in [0.15, 0.2) is 0 Å². The number of thiazole rings is 1. The lowest BCUT2D eigenvalue weighted by Gasteiger charge is -1.91. The van der Waals surface area contributed by atoms with E-state index in [1.807, 2.05) is 30.5 Å². The van der Waals surface area contributed by atoms with Crippen LogP contribution in [-0.4, -0.2) is 9.97 Å². The van der Waals surface area contributed by atoms with Gasteiger partial charge < -0.3 is 0 Å². The van der Waals surface area contributed by atoms with Crippen LogP contribution in [0, 0.1) is 6.92 Å². The van der Waals surface area contributed by atoms with Crippen LogP contribution in [0.1, 0.15) is 5.01 Å². The fourth-order valence-corrected chi connectivity index (χ4v) is 1.60. The molecule has 0 aromatic carbocycles. The van der Waals surface area contributed by atoms with Crippen molar-refractivity contribution in [3.8, 4) is 11.4 Å². The third kappa shape index (κ3) is 2.47. The van der Waals surface area contributed by atoms with Crippen LogP contribution < -0.4 is 0 Å². The Kier molecular flexibility index (Phi) is 3.80. The highest BCUT2D eigenvalue weighted by Gasteiger charge is 2.00. The van der Waals surface area contributed by atoms with E-state index in [0.717, 1.165) is 16.4 Å². The summed E-state index contributed by atoms with van der Waals surface area (Å²) in [6.45, 7) is 2.00. The molecule has 0 aliphatic heterocycles. The predicted molar refractivity (Wildman–Crippen MR) is 65.5 cm³/mol. The lowest BCUT2D eigenvalue weighted by Crippen LogP contribution is -1.80. The van der Waals surface area contributed by atoms with Crippen LogP contribution in [0.3, 0.4) is 0 Å². The molecular weight excluding hydrogens is 295 g/mol. The van der Waals surface area contributed by atoms with E-state index in [1.54, 1.807) is 17.5 Å². The number of rotatable bonds is 1. The van der Waals surface area contributed by atoms with Crippen LogP contribution in [0.25, 0.3) is 11.4 Å². The highest BCUT2D eigenvalue weighted by atomic mass is 127. The largest absolute Gasteiger partial charge is 0.255 e. The Hall–Kier alpha value is -0.490. The summed E-state index contributed by atoms with van der Waals surface area (Å²) in [5, 5.41) is 3.10. The topological polar surface area (TPSA) is 25.8 Å². The van der Waals surface area contributed by atoms with Crippen molar-refractivity contribution >= 4 is 35.3 Å². The van der Waals surface area contributed by atoms with Crippen molar-refractivity contribution in [2.75, 3.05) is 0 Å². The third-order valence-electron chi connectivity index (χ3n) is 1.55. The number of aryl methyl sites for hydroxylation is 1. The molecule has 0 radical (unpaired) electrons. The SMILES string of the molecule is Cc1nc(-c2ccccn2)cs1.I. The molecule has 2 rings (SSSR count). The quantitative estimate of drug-likeness (QED) is 0.757. The van der Waals surface area contributed by atoms with E-state index in [9.17, 15) is 0 Å². The number of hydrogen-bond acceptors (Lipinski definition) is 3. The molecule has 4 heteroatoms. The van der Waals surface area contributed by atoms with Gasteiger partial charge in [0.25, 0.3) is 0 Å². The van der Waals surface area contributed by atoms with Crippen molar-refractivity contribution in [2.24, 2.45) is 0 Å². The molecule has 0 aliphatic rings. The van der Waals surface area contributed by atoms with Gasteiger partial charge in [-0.25, -0.2) is 4.98 Å². The summed E-state index contributed by atoms with van der Waals surface area (Å²) in [7, 11) is 0. The minimum absolute atomic E-state index is 0. The number of nitrogens with zero attached hydrogens (tertiary/aromatic N) is 2. The Morgan fingerprint density at radius 1 is 1.23 bits per heavy atom. The smallest absolute Gasteiger partial charge is 0.0998 e. The molecule has 0 saturated carbocycles. The van der Waals surface area contributed by atoms with Gasteiger partial charge in [-0.05, 0) is 19.1 Å². The van der Waals surface area contributed by atoms with Gasteiger partial charge in [0.05, 0.1) is 16.4 Å². The van der Waals surface area contributed by atoms with E-state index < -0.39 is 0 Å². The van der Waals surface area contributed by atoms with Crippen LogP contribution in [0.5, 0.6) is 0 Å². The molecule has 13 heavy (non-hydrogen) atoms. The Morgan fingerprint density at radius 3 is 2.62 bits per heavy atom. The highest BCUT2D eigenvalue weighted by molar-refractivity contribution is 14.0. The maximum atomic E-state index is 4.34. The fourth-order valence-electron chi connectivity index (χ4n) is 0.995. The van der Waals surface area contributed by atoms with E-state index in [4.69, 9.17) is 0 Å². The normalized spacial score (nSPS) is 9.31. The van der Waals surface area contributed by atoms with Gasteiger partial charge in [-0.15, -0.1) is 35.3 Å². The third-order valence-corrected chi connectivity index (χ3v) is 2.32. The summed E-state index contributed by atoms with van der Waals surface area (Å²) < 4.78 is 0. The van der Waals surface area contributed by atoms with Crippen LogP contribution >= 0.6 is 35.3 Å². The minimum Gasteiger partial charge on any atom is -0.255 e. The summed E-state index contributed by atoms with van der Waals surface area (Å²) >= 11 is 1.65. The summed E-state index contributed by atoms with van der Waals surface area (Å²) in [4.78, 5) is 8.54. The van der Waals surface area contributed by atoms with Gasteiger partial charge in [0.2, 0.25) is 0 Å². The van der Waals surface area contributed by atoms with E-state index in [2.05, 4.69) is 9.97 Å². The van der Waals surface area contributed by atoms with Crippen molar-refractivity contribution < 1.29 is 0 Å². The second-order valence-electron chi connectivity index (χ2n) is 2.47. The van der Waals surface area contributed by atoms with Crippen molar-refractivity contribution in [3.05, 3.63) is 34.8 Å². The summed E-state index contributed by atoms with van der Waals surface area (Å²) in [5.74, 6) is 0. The molecular formula is C9H9IN2S. The first-order valence-corrected chi connectivity index (χ1v) is 4.58. The zero-order valence-electron chi connectivity index (χ0n) is 7.10. The van der Waals surface area contributed by atoms with E-state index in [1.165, 1.54) is 0 Å². The van der Waals surface area contributed by atoms with Crippen molar-refractivity contribution in [1.29, 1.82) is 0 Å². The molecule has 2 nitrogen and oxygen atoms in total. The summed E-state index contributed by atoms with van der Waals surface area (Å²) in [6, 6.07) is 5.84. The monoisotopic (exact) mass is 304 g/mol. The average molecular weight is 304 g/mol. The molecule has 0 atom stereocenters. The molecule has 0 N–H and O–H groups in total. The lowest BCUT2D eigenvalue weighted by atomic mass is 10.3. The molecule has 0 saturated heterocycles. The van der Waals surface area contributed by atoms with Crippen LogP contribution in [-0.2, 0) is 0 Å². The van der Waals surface area contributed by atoms with Crippen LogP contribution in [0.4, 0.5) is 0 Å².